The fraction of sp³-hybridized carbons (Fsp3) is 0.333. The highest BCUT2D eigenvalue weighted by molar-refractivity contribution is 7.15. The van der Waals surface area contributed by atoms with Crippen LogP contribution in [0.4, 0.5) is 5.00 Å². The lowest BCUT2D eigenvalue weighted by molar-refractivity contribution is -0.124. The second-order valence-electron chi connectivity index (χ2n) is 5.70. The maximum absolute atomic E-state index is 12.3. The average Bonchev–Trinajstić information content (AvgIpc) is 3.24. The molecule has 24 heavy (non-hydrogen) atoms. The highest BCUT2D eigenvalue weighted by Gasteiger charge is 2.27. The van der Waals surface area contributed by atoms with Crippen molar-refractivity contribution in [1.82, 2.24) is 0 Å². The number of hydrogen-bond acceptors (Lipinski definition) is 5. The van der Waals surface area contributed by atoms with Crippen molar-refractivity contribution in [3.05, 3.63) is 40.8 Å². The van der Waals surface area contributed by atoms with Crippen LogP contribution in [0, 0.1) is 6.92 Å². The molecule has 0 spiro atoms. The molecule has 1 amide bonds. The van der Waals surface area contributed by atoms with Gasteiger partial charge in [0.1, 0.15) is 16.7 Å². The van der Waals surface area contributed by atoms with Gasteiger partial charge in [0, 0.05) is 17.6 Å². The molecule has 1 saturated heterocycles. The third-order valence-electron chi connectivity index (χ3n) is 4.00. The van der Waals surface area contributed by atoms with Gasteiger partial charge in [-0.1, -0.05) is 29.8 Å². The summed E-state index contributed by atoms with van der Waals surface area (Å²) in [6, 6.07) is 7.88. The fourth-order valence-corrected chi connectivity index (χ4v) is 3.64. The summed E-state index contributed by atoms with van der Waals surface area (Å²) in [4.78, 5) is 24.5. The van der Waals surface area contributed by atoms with Gasteiger partial charge >= 0.3 is 5.97 Å². The Labute approximate surface area is 144 Å². The summed E-state index contributed by atoms with van der Waals surface area (Å²) in [5.41, 5.74) is 3.20. The number of methoxy groups -OCH3 is 1. The standard InChI is InChI=1S/C18H19NO4S/c1-11-5-7-12(8-6-11)13-10-24-17(15(13)18(21)22-2)19-16(20)14-4-3-9-23-14/h5-8,10,14H,3-4,9H2,1-2H3,(H,19,20)/t14-/m1/s1. The van der Waals surface area contributed by atoms with Crippen molar-refractivity contribution in [2.24, 2.45) is 0 Å². The fourth-order valence-electron chi connectivity index (χ4n) is 2.68. The lowest BCUT2D eigenvalue weighted by atomic mass is 10.0. The normalized spacial score (nSPS) is 16.8. The first-order valence-electron chi connectivity index (χ1n) is 7.79. The highest BCUT2D eigenvalue weighted by atomic mass is 32.1. The molecule has 0 aliphatic carbocycles. The van der Waals surface area contributed by atoms with Crippen LogP contribution in [-0.2, 0) is 14.3 Å². The molecule has 5 nitrogen and oxygen atoms in total. The summed E-state index contributed by atoms with van der Waals surface area (Å²) >= 11 is 1.32. The number of thiophene rings is 1. The van der Waals surface area contributed by atoms with Crippen molar-refractivity contribution in [3.63, 3.8) is 0 Å². The molecule has 0 bridgehead atoms. The Morgan fingerprint density at radius 3 is 2.67 bits per heavy atom. The molecule has 1 aliphatic heterocycles. The van der Waals surface area contributed by atoms with Crippen LogP contribution in [0.2, 0.25) is 0 Å². The van der Waals surface area contributed by atoms with Crippen LogP contribution < -0.4 is 5.32 Å². The Kier molecular flexibility index (Phi) is 4.97. The number of nitrogens with one attached hydrogen (secondary N) is 1. The maximum atomic E-state index is 12.3. The first-order valence-corrected chi connectivity index (χ1v) is 8.67. The predicted molar refractivity (Wildman–Crippen MR) is 93.4 cm³/mol. The summed E-state index contributed by atoms with van der Waals surface area (Å²) < 4.78 is 10.3. The van der Waals surface area contributed by atoms with Gasteiger partial charge in [-0.25, -0.2) is 4.79 Å². The number of esters is 1. The lowest BCUT2D eigenvalue weighted by Crippen LogP contribution is -2.27. The maximum Gasteiger partial charge on any atom is 0.341 e. The van der Waals surface area contributed by atoms with E-state index in [9.17, 15) is 9.59 Å². The second-order valence-corrected chi connectivity index (χ2v) is 6.58. The van der Waals surface area contributed by atoms with Gasteiger partial charge in [-0.3, -0.25) is 4.79 Å². The molecule has 1 N–H and O–H groups in total. The summed E-state index contributed by atoms with van der Waals surface area (Å²) in [6.07, 6.45) is 1.14. The van der Waals surface area contributed by atoms with Gasteiger partial charge in [0.25, 0.3) is 5.91 Å². The number of amides is 1. The Balaban J connectivity index is 1.93. The van der Waals surface area contributed by atoms with Crippen LogP contribution in [0.1, 0.15) is 28.8 Å². The zero-order valence-corrected chi connectivity index (χ0v) is 14.4. The Morgan fingerprint density at radius 1 is 1.29 bits per heavy atom. The number of benzene rings is 1. The highest BCUT2D eigenvalue weighted by Crippen LogP contribution is 2.36. The molecular weight excluding hydrogens is 326 g/mol. The zero-order valence-electron chi connectivity index (χ0n) is 13.6. The number of aryl methyl sites for hydroxylation is 1. The van der Waals surface area contributed by atoms with E-state index in [-0.39, 0.29) is 5.91 Å². The minimum absolute atomic E-state index is 0.213. The van der Waals surface area contributed by atoms with Gasteiger partial charge in [-0.05, 0) is 25.3 Å². The van der Waals surface area contributed by atoms with E-state index in [0.717, 1.165) is 23.1 Å². The van der Waals surface area contributed by atoms with Crippen molar-refractivity contribution >= 4 is 28.2 Å². The topological polar surface area (TPSA) is 64.6 Å². The molecule has 1 atom stereocenters. The van der Waals surface area contributed by atoms with Crippen molar-refractivity contribution in [2.45, 2.75) is 25.9 Å². The van der Waals surface area contributed by atoms with E-state index in [0.29, 0.717) is 23.6 Å². The van der Waals surface area contributed by atoms with Gasteiger partial charge in [0.2, 0.25) is 0 Å². The number of carbonyl (C=O) groups excluding carboxylic acids is 2. The number of anilines is 1. The van der Waals surface area contributed by atoms with Gasteiger partial charge < -0.3 is 14.8 Å². The molecule has 2 heterocycles. The van der Waals surface area contributed by atoms with E-state index in [4.69, 9.17) is 9.47 Å². The van der Waals surface area contributed by atoms with Crippen LogP contribution in [0.5, 0.6) is 0 Å². The number of ether oxygens (including phenoxy) is 2. The molecule has 1 aliphatic rings. The van der Waals surface area contributed by atoms with E-state index in [1.165, 1.54) is 18.4 Å². The summed E-state index contributed by atoms with van der Waals surface area (Å²) in [5.74, 6) is -0.676. The first-order chi connectivity index (χ1) is 11.6. The van der Waals surface area contributed by atoms with Crippen LogP contribution in [-0.4, -0.2) is 31.7 Å². The summed E-state index contributed by atoms with van der Waals surface area (Å²) in [7, 11) is 1.34. The Hall–Kier alpha value is -2.18. The molecule has 1 fully saturated rings. The molecule has 3 rings (SSSR count). The average molecular weight is 345 g/mol. The SMILES string of the molecule is COC(=O)c1c(-c2ccc(C)cc2)csc1NC(=O)[C@H]1CCCO1. The third-order valence-corrected chi connectivity index (χ3v) is 4.90. The van der Waals surface area contributed by atoms with Crippen LogP contribution in [0.15, 0.2) is 29.6 Å². The van der Waals surface area contributed by atoms with Gasteiger partial charge in [-0.15, -0.1) is 11.3 Å². The van der Waals surface area contributed by atoms with Crippen LogP contribution >= 0.6 is 11.3 Å². The molecule has 0 saturated carbocycles. The smallest absolute Gasteiger partial charge is 0.341 e. The molecular formula is C18H19NO4S. The molecule has 126 valence electrons. The molecule has 0 unspecified atom stereocenters. The molecule has 6 heteroatoms. The van der Waals surface area contributed by atoms with Crippen molar-refractivity contribution < 1.29 is 19.1 Å². The first kappa shape index (κ1) is 16.7. The third kappa shape index (κ3) is 3.34. The summed E-state index contributed by atoms with van der Waals surface area (Å²) in [6.45, 7) is 2.60. The van der Waals surface area contributed by atoms with E-state index in [2.05, 4.69) is 5.32 Å². The van der Waals surface area contributed by atoms with Crippen molar-refractivity contribution in [2.75, 3.05) is 19.0 Å². The Bertz CT molecular complexity index is 745. The quantitative estimate of drug-likeness (QED) is 0.860. The van der Waals surface area contributed by atoms with E-state index in [1.54, 1.807) is 0 Å². The van der Waals surface area contributed by atoms with E-state index in [1.807, 2.05) is 36.6 Å². The minimum Gasteiger partial charge on any atom is -0.465 e. The zero-order chi connectivity index (χ0) is 17.1. The van der Waals surface area contributed by atoms with Crippen molar-refractivity contribution in [3.8, 4) is 11.1 Å². The second kappa shape index (κ2) is 7.15. The van der Waals surface area contributed by atoms with E-state index < -0.39 is 12.1 Å². The molecule has 1 aromatic heterocycles. The van der Waals surface area contributed by atoms with Crippen LogP contribution in [0.25, 0.3) is 11.1 Å². The number of hydrogen-bond donors (Lipinski definition) is 1. The van der Waals surface area contributed by atoms with Crippen LogP contribution in [0.3, 0.4) is 0 Å². The monoisotopic (exact) mass is 345 g/mol. The van der Waals surface area contributed by atoms with E-state index >= 15 is 0 Å². The molecule has 1 aromatic carbocycles. The van der Waals surface area contributed by atoms with Gasteiger partial charge in [0.15, 0.2) is 0 Å². The van der Waals surface area contributed by atoms with Gasteiger partial charge in [0.05, 0.1) is 7.11 Å². The lowest BCUT2D eigenvalue weighted by Gasteiger charge is -2.11. The molecule has 0 radical (unpaired) electrons. The number of rotatable bonds is 4. The minimum atomic E-state index is -0.463. The predicted octanol–water partition coefficient (Wildman–Crippen LogP) is 3.63. The van der Waals surface area contributed by atoms with Gasteiger partial charge in [-0.2, -0.15) is 0 Å². The largest absolute Gasteiger partial charge is 0.465 e. The van der Waals surface area contributed by atoms with Crippen molar-refractivity contribution in [1.29, 1.82) is 0 Å². The number of carbonyl (C=O) groups is 2. The molecule has 2 aromatic rings. The summed E-state index contributed by atoms with van der Waals surface area (Å²) in [5, 5.41) is 5.18. The Morgan fingerprint density at radius 2 is 2.04 bits per heavy atom.